The molecule has 1 amide bonds. The predicted octanol–water partition coefficient (Wildman–Crippen LogP) is 3.88. The molecular formula is C22H30ClN3O2. The van der Waals surface area contributed by atoms with E-state index in [4.69, 9.17) is 4.74 Å². The molecule has 1 aliphatic heterocycles. The molecule has 28 heavy (non-hydrogen) atoms. The first kappa shape index (κ1) is 22.2. The molecule has 1 fully saturated rings. The molecule has 3 rings (SSSR count). The van der Waals surface area contributed by atoms with Crippen LogP contribution in [0.3, 0.4) is 0 Å². The Labute approximate surface area is 173 Å². The van der Waals surface area contributed by atoms with E-state index in [0.717, 1.165) is 24.4 Å². The SMILES string of the molecule is Cc1cc(OC(C)C(=O)N2CCNCC2c2cccnc2)ccc1C(C)C.Cl. The summed E-state index contributed by atoms with van der Waals surface area (Å²) in [5.74, 6) is 1.22. The Kier molecular flexibility index (Phi) is 7.84. The minimum absolute atomic E-state index is 0. The number of amides is 1. The van der Waals surface area contributed by atoms with Gasteiger partial charge in [-0.25, -0.2) is 0 Å². The lowest BCUT2D eigenvalue weighted by Gasteiger charge is -2.37. The monoisotopic (exact) mass is 403 g/mol. The Balaban J connectivity index is 0.00000280. The Morgan fingerprint density at radius 1 is 1.29 bits per heavy atom. The van der Waals surface area contributed by atoms with Crippen LogP contribution in [-0.2, 0) is 4.79 Å². The number of benzene rings is 1. The van der Waals surface area contributed by atoms with Crippen molar-refractivity contribution < 1.29 is 9.53 Å². The van der Waals surface area contributed by atoms with Gasteiger partial charge in [0.1, 0.15) is 5.75 Å². The number of ether oxygens (including phenoxy) is 1. The second kappa shape index (κ2) is 9.89. The van der Waals surface area contributed by atoms with Crippen LogP contribution < -0.4 is 10.1 Å². The minimum Gasteiger partial charge on any atom is -0.481 e. The smallest absolute Gasteiger partial charge is 0.263 e. The first-order valence-corrected chi connectivity index (χ1v) is 9.65. The zero-order valence-electron chi connectivity index (χ0n) is 17.0. The molecule has 2 atom stereocenters. The van der Waals surface area contributed by atoms with Gasteiger partial charge in [0, 0.05) is 32.0 Å². The molecule has 0 saturated carbocycles. The largest absolute Gasteiger partial charge is 0.481 e. The highest BCUT2D eigenvalue weighted by Gasteiger charge is 2.31. The number of pyridine rings is 1. The third kappa shape index (κ3) is 5.03. The summed E-state index contributed by atoms with van der Waals surface area (Å²) < 4.78 is 6.00. The number of aryl methyl sites for hydroxylation is 1. The van der Waals surface area contributed by atoms with Crippen LogP contribution in [0.15, 0.2) is 42.7 Å². The van der Waals surface area contributed by atoms with Crippen molar-refractivity contribution in [2.24, 2.45) is 0 Å². The fourth-order valence-electron chi connectivity index (χ4n) is 3.70. The first-order valence-electron chi connectivity index (χ1n) is 9.65. The van der Waals surface area contributed by atoms with Crippen LogP contribution in [0.1, 0.15) is 49.4 Å². The summed E-state index contributed by atoms with van der Waals surface area (Å²) >= 11 is 0. The van der Waals surface area contributed by atoms with Gasteiger partial charge in [-0.15, -0.1) is 12.4 Å². The first-order chi connectivity index (χ1) is 13.0. The van der Waals surface area contributed by atoms with Crippen molar-refractivity contribution in [2.45, 2.75) is 45.8 Å². The number of nitrogens with zero attached hydrogens (tertiary/aromatic N) is 2. The van der Waals surface area contributed by atoms with E-state index in [-0.39, 0.29) is 24.4 Å². The highest BCUT2D eigenvalue weighted by atomic mass is 35.5. The summed E-state index contributed by atoms with van der Waals surface area (Å²) in [4.78, 5) is 19.2. The molecule has 0 bridgehead atoms. The summed E-state index contributed by atoms with van der Waals surface area (Å²) in [5.41, 5.74) is 3.54. The number of hydrogen-bond acceptors (Lipinski definition) is 4. The van der Waals surface area contributed by atoms with Crippen LogP contribution in [0.25, 0.3) is 0 Å². The summed E-state index contributed by atoms with van der Waals surface area (Å²) in [6.45, 7) is 10.5. The fraction of sp³-hybridized carbons (Fsp3) is 0.455. The van der Waals surface area contributed by atoms with Gasteiger partial charge in [-0.2, -0.15) is 0 Å². The molecule has 152 valence electrons. The molecule has 6 heteroatoms. The van der Waals surface area contributed by atoms with Crippen molar-refractivity contribution in [1.29, 1.82) is 0 Å². The highest BCUT2D eigenvalue weighted by Crippen LogP contribution is 2.26. The van der Waals surface area contributed by atoms with Crippen LogP contribution in [0.4, 0.5) is 0 Å². The van der Waals surface area contributed by atoms with E-state index in [1.165, 1.54) is 11.1 Å². The molecule has 2 unspecified atom stereocenters. The molecule has 0 spiro atoms. The summed E-state index contributed by atoms with van der Waals surface area (Å²) in [6, 6.07) is 9.99. The lowest BCUT2D eigenvalue weighted by Crippen LogP contribution is -2.52. The standard InChI is InChI=1S/C22H29N3O2.ClH/c1-15(2)20-8-7-19(12-16(20)3)27-17(4)22(26)25-11-10-24-14-21(25)18-6-5-9-23-13-18;/h5-9,12-13,15,17,21,24H,10-11,14H2,1-4H3;1H. The quantitative estimate of drug-likeness (QED) is 0.823. The van der Waals surface area contributed by atoms with Crippen LogP contribution in [0.5, 0.6) is 5.75 Å². The maximum atomic E-state index is 13.1. The van der Waals surface area contributed by atoms with E-state index in [1.54, 1.807) is 6.20 Å². The highest BCUT2D eigenvalue weighted by molar-refractivity contribution is 5.85. The van der Waals surface area contributed by atoms with E-state index >= 15 is 0 Å². The molecule has 1 aromatic heterocycles. The summed E-state index contributed by atoms with van der Waals surface area (Å²) in [6.07, 6.45) is 3.05. The summed E-state index contributed by atoms with van der Waals surface area (Å²) in [5, 5.41) is 3.37. The summed E-state index contributed by atoms with van der Waals surface area (Å²) in [7, 11) is 0. The van der Waals surface area contributed by atoms with Crippen LogP contribution >= 0.6 is 12.4 Å². The van der Waals surface area contributed by atoms with Crippen molar-refractivity contribution in [2.75, 3.05) is 19.6 Å². The topological polar surface area (TPSA) is 54.5 Å². The zero-order valence-corrected chi connectivity index (χ0v) is 17.8. The zero-order chi connectivity index (χ0) is 19.4. The van der Waals surface area contributed by atoms with Gasteiger partial charge in [0.05, 0.1) is 6.04 Å². The number of hydrogen-bond donors (Lipinski definition) is 1. The molecule has 1 aromatic carbocycles. The van der Waals surface area contributed by atoms with Crippen molar-refractivity contribution >= 4 is 18.3 Å². The Morgan fingerprint density at radius 3 is 2.71 bits per heavy atom. The second-order valence-corrected chi connectivity index (χ2v) is 7.47. The van der Waals surface area contributed by atoms with Gasteiger partial charge < -0.3 is 15.0 Å². The van der Waals surface area contributed by atoms with E-state index in [0.29, 0.717) is 12.5 Å². The Bertz CT molecular complexity index is 783. The van der Waals surface area contributed by atoms with Gasteiger partial charge in [-0.05, 0) is 54.7 Å². The third-order valence-corrected chi connectivity index (χ3v) is 5.12. The maximum absolute atomic E-state index is 13.1. The van der Waals surface area contributed by atoms with E-state index in [1.807, 2.05) is 42.3 Å². The Morgan fingerprint density at radius 2 is 2.07 bits per heavy atom. The van der Waals surface area contributed by atoms with Crippen LogP contribution in [0, 0.1) is 6.92 Å². The normalized spacial score (nSPS) is 17.8. The minimum atomic E-state index is -0.536. The molecule has 1 aliphatic rings. The molecule has 2 heterocycles. The van der Waals surface area contributed by atoms with E-state index in [9.17, 15) is 4.79 Å². The maximum Gasteiger partial charge on any atom is 0.263 e. The van der Waals surface area contributed by atoms with Gasteiger partial charge in [0.25, 0.3) is 5.91 Å². The number of nitrogens with one attached hydrogen (secondary N) is 1. The predicted molar refractivity (Wildman–Crippen MR) is 114 cm³/mol. The van der Waals surface area contributed by atoms with Crippen LogP contribution in [-0.4, -0.2) is 41.5 Å². The van der Waals surface area contributed by atoms with Gasteiger partial charge in [0.15, 0.2) is 6.10 Å². The van der Waals surface area contributed by atoms with E-state index in [2.05, 4.69) is 37.1 Å². The lowest BCUT2D eigenvalue weighted by molar-refractivity contribution is -0.141. The molecule has 2 aromatic rings. The molecular weight excluding hydrogens is 374 g/mol. The van der Waals surface area contributed by atoms with Crippen molar-refractivity contribution in [1.82, 2.24) is 15.2 Å². The number of piperazine rings is 1. The lowest BCUT2D eigenvalue weighted by atomic mass is 9.98. The number of carbonyl (C=O) groups excluding carboxylic acids is 1. The number of aromatic nitrogens is 1. The average molecular weight is 404 g/mol. The Hall–Kier alpha value is -2.11. The second-order valence-electron chi connectivity index (χ2n) is 7.47. The van der Waals surface area contributed by atoms with Gasteiger partial charge >= 0.3 is 0 Å². The van der Waals surface area contributed by atoms with Crippen LogP contribution in [0.2, 0.25) is 0 Å². The number of halogens is 1. The van der Waals surface area contributed by atoms with E-state index < -0.39 is 6.10 Å². The molecule has 5 nitrogen and oxygen atoms in total. The molecule has 0 aliphatic carbocycles. The fourth-order valence-corrected chi connectivity index (χ4v) is 3.70. The van der Waals surface area contributed by atoms with Crippen molar-refractivity contribution in [3.8, 4) is 5.75 Å². The molecule has 1 saturated heterocycles. The number of carbonyl (C=O) groups is 1. The van der Waals surface area contributed by atoms with Gasteiger partial charge in [0.2, 0.25) is 0 Å². The average Bonchev–Trinajstić information content (AvgIpc) is 2.68. The van der Waals surface area contributed by atoms with Gasteiger partial charge in [-0.1, -0.05) is 26.0 Å². The molecule has 1 N–H and O–H groups in total. The molecule has 0 radical (unpaired) electrons. The van der Waals surface area contributed by atoms with Crippen molar-refractivity contribution in [3.05, 3.63) is 59.4 Å². The van der Waals surface area contributed by atoms with Crippen molar-refractivity contribution in [3.63, 3.8) is 0 Å². The van der Waals surface area contributed by atoms with Gasteiger partial charge in [-0.3, -0.25) is 9.78 Å². The number of rotatable bonds is 5. The third-order valence-electron chi connectivity index (χ3n) is 5.12.